The molecule has 0 saturated carbocycles. The highest BCUT2D eigenvalue weighted by atomic mass is 32.2. The quantitative estimate of drug-likeness (QED) is 0.617. The molecule has 126 valence electrons. The molecule has 0 unspecified atom stereocenters. The lowest BCUT2D eigenvalue weighted by Crippen LogP contribution is -2.10. The van der Waals surface area contributed by atoms with Gasteiger partial charge < -0.3 is 10.0 Å². The van der Waals surface area contributed by atoms with Gasteiger partial charge in [0, 0.05) is 34.0 Å². The summed E-state index contributed by atoms with van der Waals surface area (Å²) in [4.78, 5) is 3.66. The summed E-state index contributed by atoms with van der Waals surface area (Å²) < 4.78 is 0. The minimum Gasteiger partial charge on any atom is -0.508 e. The molecule has 3 aromatic rings. The van der Waals surface area contributed by atoms with E-state index in [0.717, 1.165) is 17.1 Å². The van der Waals surface area contributed by atoms with E-state index in [4.69, 9.17) is 0 Å². The molecule has 4 rings (SSSR count). The van der Waals surface area contributed by atoms with Crippen molar-refractivity contribution in [1.82, 2.24) is 0 Å². The van der Waals surface area contributed by atoms with Gasteiger partial charge in [0.15, 0.2) is 4.90 Å². The lowest BCUT2D eigenvalue weighted by atomic mass is 10.2. The summed E-state index contributed by atoms with van der Waals surface area (Å²) in [5.74, 6) is 2.96. The van der Waals surface area contributed by atoms with Crippen molar-refractivity contribution in [2.45, 2.75) is 17.7 Å². The molecule has 2 nitrogen and oxygen atoms in total. The van der Waals surface area contributed by atoms with Crippen LogP contribution in [0.4, 0.5) is 17.1 Å². The van der Waals surface area contributed by atoms with Crippen molar-refractivity contribution in [1.29, 1.82) is 0 Å². The molecule has 0 spiro atoms. The minimum atomic E-state index is 0.280. The molecule has 1 saturated heterocycles. The van der Waals surface area contributed by atoms with E-state index in [9.17, 15) is 5.11 Å². The SMILES string of the molecule is Oc1cccc(N(c2ccccc2)c2ccc([S+]3CCCC3)cc2)c1. The van der Waals surface area contributed by atoms with Crippen LogP contribution >= 0.6 is 0 Å². The maximum atomic E-state index is 9.92. The minimum absolute atomic E-state index is 0.280. The summed E-state index contributed by atoms with van der Waals surface area (Å²) >= 11 is 0. The topological polar surface area (TPSA) is 23.5 Å². The monoisotopic (exact) mass is 348 g/mol. The number of phenolic OH excluding ortho intramolecular Hbond substituents is 1. The van der Waals surface area contributed by atoms with Crippen LogP contribution in [0.15, 0.2) is 83.8 Å². The fourth-order valence-corrected chi connectivity index (χ4v) is 5.64. The Morgan fingerprint density at radius 3 is 2.00 bits per heavy atom. The van der Waals surface area contributed by atoms with E-state index in [1.807, 2.05) is 30.3 Å². The third-order valence-corrected chi connectivity index (χ3v) is 7.06. The fraction of sp³-hybridized carbons (Fsp3) is 0.182. The largest absolute Gasteiger partial charge is 0.508 e. The van der Waals surface area contributed by atoms with Crippen molar-refractivity contribution in [3.8, 4) is 5.75 Å². The molecule has 1 N–H and O–H groups in total. The number of aromatic hydroxyl groups is 1. The second-order valence-electron chi connectivity index (χ2n) is 6.29. The van der Waals surface area contributed by atoms with E-state index < -0.39 is 0 Å². The van der Waals surface area contributed by atoms with Crippen LogP contribution in [0.25, 0.3) is 0 Å². The van der Waals surface area contributed by atoms with E-state index in [-0.39, 0.29) is 5.75 Å². The fourth-order valence-electron chi connectivity index (χ4n) is 3.33. The van der Waals surface area contributed by atoms with Crippen LogP contribution in [0.2, 0.25) is 0 Å². The lowest BCUT2D eigenvalue weighted by molar-refractivity contribution is 0.475. The molecule has 0 aromatic heterocycles. The summed E-state index contributed by atoms with van der Waals surface area (Å²) in [5.41, 5.74) is 3.16. The molecular formula is C22H22NOS+. The van der Waals surface area contributed by atoms with E-state index in [0.29, 0.717) is 10.9 Å². The van der Waals surface area contributed by atoms with Gasteiger partial charge in [0.1, 0.15) is 17.3 Å². The first-order valence-corrected chi connectivity index (χ1v) is 10.3. The van der Waals surface area contributed by atoms with Crippen LogP contribution in [-0.2, 0) is 10.9 Å². The number of rotatable bonds is 4. The molecule has 0 bridgehead atoms. The Bertz CT molecular complexity index is 826. The molecule has 0 atom stereocenters. The number of anilines is 3. The number of phenols is 1. The zero-order valence-electron chi connectivity index (χ0n) is 14.1. The number of para-hydroxylation sites is 1. The second kappa shape index (κ2) is 7.24. The number of benzene rings is 3. The van der Waals surface area contributed by atoms with Crippen LogP contribution in [0, 0.1) is 0 Å². The smallest absolute Gasteiger partial charge is 0.155 e. The van der Waals surface area contributed by atoms with Gasteiger partial charge in [-0.05, 0) is 61.4 Å². The van der Waals surface area contributed by atoms with Crippen molar-refractivity contribution < 1.29 is 5.11 Å². The zero-order chi connectivity index (χ0) is 17.1. The summed E-state index contributed by atoms with van der Waals surface area (Å²) in [5, 5.41) is 9.92. The Morgan fingerprint density at radius 1 is 0.680 bits per heavy atom. The first-order valence-electron chi connectivity index (χ1n) is 8.73. The standard InChI is InChI=1S/C22H21NOS/c24-21-10-6-9-20(17-21)23(18-7-2-1-3-8-18)19-11-13-22(14-12-19)25-15-4-5-16-25/h1-3,6-14,17H,4-5,15-16H2/p+1. The highest BCUT2D eigenvalue weighted by molar-refractivity contribution is 7.97. The van der Waals surface area contributed by atoms with Crippen LogP contribution in [-0.4, -0.2) is 16.6 Å². The van der Waals surface area contributed by atoms with E-state index in [2.05, 4.69) is 41.3 Å². The van der Waals surface area contributed by atoms with Gasteiger partial charge >= 0.3 is 0 Å². The van der Waals surface area contributed by atoms with Gasteiger partial charge in [0.05, 0.1) is 0 Å². The third-order valence-electron chi connectivity index (χ3n) is 4.56. The number of nitrogens with zero attached hydrogens (tertiary/aromatic N) is 1. The predicted octanol–water partition coefficient (Wildman–Crippen LogP) is 5.63. The van der Waals surface area contributed by atoms with Crippen LogP contribution in [0.5, 0.6) is 5.75 Å². The summed E-state index contributed by atoms with van der Waals surface area (Å²) in [6.45, 7) is 0. The second-order valence-corrected chi connectivity index (χ2v) is 8.57. The number of hydrogen-bond donors (Lipinski definition) is 1. The Kier molecular flexibility index (Phi) is 4.66. The molecule has 0 amide bonds. The first-order chi connectivity index (χ1) is 12.3. The van der Waals surface area contributed by atoms with Crippen molar-refractivity contribution in [2.24, 2.45) is 0 Å². The van der Waals surface area contributed by atoms with E-state index >= 15 is 0 Å². The molecule has 1 heterocycles. The normalized spacial score (nSPS) is 14.6. The highest BCUT2D eigenvalue weighted by Crippen LogP contribution is 2.36. The molecule has 0 radical (unpaired) electrons. The third kappa shape index (κ3) is 3.52. The van der Waals surface area contributed by atoms with Crippen molar-refractivity contribution in [2.75, 3.05) is 16.4 Å². The van der Waals surface area contributed by atoms with E-state index in [1.54, 1.807) is 12.1 Å². The van der Waals surface area contributed by atoms with Crippen molar-refractivity contribution in [3.05, 3.63) is 78.9 Å². The Balaban J connectivity index is 1.73. The van der Waals surface area contributed by atoms with Gasteiger partial charge in [-0.15, -0.1) is 0 Å². The van der Waals surface area contributed by atoms with Gasteiger partial charge in [-0.25, -0.2) is 0 Å². The van der Waals surface area contributed by atoms with Crippen LogP contribution in [0.3, 0.4) is 0 Å². The van der Waals surface area contributed by atoms with Crippen molar-refractivity contribution >= 4 is 28.0 Å². The molecule has 3 heteroatoms. The van der Waals surface area contributed by atoms with Gasteiger partial charge in [0.2, 0.25) is 0 Å². The molecule has 1 aliphatic heterocycles. The average Bonchev–Trinajstić information content (AvgIpc) is 3.18. The predicted molar refractivity (Wildman–Crippen MR) is 107 cm³/mol. The van der Waals surface area contributed by atoms with Gasteiger partial charge in [-0.3, -0.25) is 0 Å². The molecular weight excluding hydrogens is 326 g/mol. The van der Waals surface area contributed by atoms with Gasteiger partial charge in [0.25, 0.3) is 0 Å². The Morgan fingerprint density at radius 2 is 1.32 bits per heavy atom. The highest BCUT2D eigenvalue weighted by Gasteiger charge is 2.26. The molecule has 3 aromatic carbocycles. The molecule has 1 aliphatic rings. The molecule has 25 heavy (non-hydrogen) atoms. The number of hydrogen-bond acceptors (Lipinski definition) is 2. The first kappa shape index (κ1) is 16.1. The Hall–Kier alpha value is -2.39. The zero-order valence-corrected chi connectivity index (χ0v) is 15.0. The summed E-state index contributed by atoms with van der Waals surface area (Å²) in [6, 6.07) is 26.7. The Labute approximate surface area is 152 Å². The van der Waals surface area contributed by atoms with Gasteiger partial charge in [-0.1, -0.05) is 24.3 Å². The maximum Gasteiger partial charge on any atom is 0.155 e. The average molecular weight is 348 g/mol. The molecule has 0 aliphatic carbocycles. The maximum absolute atomic E-state index is 9.92. The summed E-state index contributed by atoms with van der Waals surface area (Å²) in [6.07, 6.45) is 2.73. The summed E-state index contributed by atoms with van der Waals surface area (Å²) in [7, 11) is 0.437. The molecule has 1 fully saturated rings. The van der Waals surface area contributed by atoms with Crippen molar-refractivity contribution in [3.63, 3.8) is 0 Å². The van der Waals surface area contributed by atoms with Crippen LogP contribution < -0.4 is 4.90 Å². The lowest BCUT2D eigenvalue weighted by Gasteiger charge is -2.25. The van der Waals surface area contributed by atoms with E-state index in [1.165, 1.54) is 29.2 Å². The van der Waals surface area contributed by atoms with Gasteiger partial charge in [-0.2, -0.15) is 0 Å². The van der Waals surface area contributed by atoms with Crippen LogP contribution in [0.1, 0.15) is 12.8 Å².